The minimum Gasteiger partial charge on any atom is -0.0698 e. The van der Waals surface area contributed by atoms with Gasteiger partial charge in [0.05, 0.1) is 5.08 Å². The molecule has 1 heterocycles. The molecule has 1 saturated heterocycles. The van der Waals surface area contributed by atoms with Crippen molar-refractivity contribution < 1.29 is 0 Å². The van der Waals surface area contributed by atoms with Crippen LogP contribution in [0.2, 0.25) is 0 Å². The van der Waals surface area contributed by atoms with Crippen molar-refractivity contribution in [3.63, 3.8) is 0 Å². The summed E-state index contributed by atoms with van der Waals surface area (Å²) >= 11 is 0. The third-order valence-corrected chi connectivity index (χ3v) is 7.45. The second-order valence-corrected chi connectivity index (χ2v) is 6.86. The SMILES string of the molecule is C1SSSS1. The molecule has 1 aliphatic heterocycles. The van der Waals surface area contributed by atoms with Gasteiger partial charge in [0.15, 0.2) is 0 Å². The van der Waals surface area contributed by atoms with E-state index in [2.05, 4.69) is 0 Å². The Morgan fingerprint density at radius 3 is 1.80 bits per heavy atom. The van der Waals surface area contributed by atoms with Crippen molar-refractivity contribution in [2.75, 3.05) is 5.08 Å². The Kier molecular flexibility index (Phi) is 2.33. The smallest absolute Gasteiger partial charge is 0.0616 e. The van der Waals surface area contributed by atoms with Crippen molar-refractivity contribution in [1.82, 2.24) is 0 Å². The molecule has 0 aliphatic carbocycles. The van der Waals surface area contributed by atoms with Crippen LogP contribution in [0.15, 0.2) is 0 Å². The normalized spacial score (nSPS) is 24.0. The summed E-state index contributed by atoms with van der Waals surface area (Å²) in [4.78, 5) is 0. The molecule has 0 aromatic carbocycles. The zero-order valence-electron chi connectivity index (χ0n) is 2.34. The minimum absolute atomic E-state index is 1.26. The first-order valence-electron chi connectivity index (χ1n) is 1.08. The topological polar surface area (TPSA) is 0 Å². The zero-order valence-corrected chi connectivity index (χ0v) is 5.61. The Hall–Kier alpha value is 1.40. The van der Waals surface area contributed by atoms with E-state index < -0.39 is 0 Å². The summed E-state index contributed by atoms with van der Waals surface area (Å²) < 4.78 is 0. The van der Waals surface area contributed by atoms with Crippen molar-refractivity contribution >= 4 is 41.2 Å². The standard InChI is InChI=1S/CH2S4/c1-2-4-5-3-1/h1H2. The molecule has 0 bridgehead atoms. The Bertz CT molecular complexity index is 15.2. The molecule has 4 heteroatoms. The first-order valence-corrected chi connectivity index (χ1v) is 6.23. The fraction of sp³-hybridized carbons (Fsp3) is 1.00. The van der Waals surface area contributed by atoms with E-state index in [-0.39, 0.29) is 0 Å². The molecule has 0 radical (unpaired) electrons. The second-order valence-electron chi connectivity index (χ2n) is 0.490. The average molecular weight is 142 g/mol. The van der Waals surface area contributed by atoms with E-state index >= 15 is 0 Å². The predicted molar refractivity (Wildman–Crippen MR) is 35.2 cm³/mol. The van der Waals surface area contributed by atoms with E-state index in [1.807, 2.05) is 41.2 Å². The van der Waals surface area contributed by atoms with Crippen LogP contribution in [0.4, 0.5) is 0 Å². The molecule has 1 aliphatic rings. The molecule has 0 nitrogen and oxygen atoms in total. The second kappa shape index (κ2) is 2.55. The molecule has 0 spiro atoms. The molecule has 1 rings (SSSR count). The molecular weight excluding hydrogens is 140 g/mol. The largest absolute Gasteiger partial charge is 0.0698 e. The van der Waals surface area contributed by atoms with Gasteiger partial charge < -0.3 is 0 Å². The Labute approximate surface area is 46.4 Å². The van der Waals surface area contributed by atoms with Crippen molar-refractivity contribution in [2.45, 2.75) is 0 Å². The summed E-state index contributed by atoms with van der Waals surface area (Å²) in [7, 11) is 7.57. The maximum Gasteiger partial charge on any atom is 0.0616 e. The summed E-state index contributed by atoms with van der Waals surface area (Å²) in [6.45, 7) is 0. The molecular formula is CH2S4. The van der Waals surface area contributed by atoms with Crippen LogP contribution in [0.25, 0.3) is 0 Å². The lowest BCUT2D eigenvalue weighted by Crippen LogP contribution is -1.38. The molecule has 0 amide bonds. The van der Waals surface area contributed by atoms with E-state index in [0.29, 0.717) is 0 Å². The van der Waals surface area contributed by atoms with Gasteiger partial charge in [-0.15, -0.1) is 0 Å². The Morgan fingerprint density at radius 1 is 1.00 bits per heavy atom. The predicted octanol–water partition coefficient (Wildman–Crippen LogP) is 2.64. The van der Waals surface area contributed by atoms with Crippen LogP contribution in [-0.4, -0.2) is 5.08 Å². The molecule has 5 heavy (non-hydrogen) atoms. The van der Waals surface area contributed by atoms with Gasteiger partial charge in [0.2, 0.25) is 0 Å². The van der Waals surface area contributed by atoms with Gasteiger partial charge in [0, 0.05) is 0 Å². The quantitative estimate of drug-likeness (QED) is 0.477. The van der Waals surface area contributed by atoms with Crippen molar-refractivity contribution in [3.05, 3.63) is 0 Å². The van der Waals surface area contributed by atoms with Gasteiger partial charge in [-0.1, -0.05) is 21.6 Å². The van der Waals surface area contributed by atoms with Crippen molar-refractivity contribution in [1.29, 1.82) is 0 Å². The summed E-state index contributed by atoms with van der Waals surface area (Å²) in [5, 5.41) is 1.26. The zero-order chi connectivity index (χ0) is 3.54. The summed E-state index contributed by atoms with van der Waals surface area (Å²) in [5.41, 5.74) is 0. The summed E-state index contributed by atoms with van der Waals surface area (Å²) in [5.74, 6) is 0. The van der Waals surface area contributed by atoms with E-state index in [9.17, 15) is 0 Å². The fourth-order valence-corrected chi connectivity index (χ4v) is 7.95. The van der Waals surface area contributed by atoms with E-state index in [1.54, 1.807) is 0 Å². The lowest BCUT2D eigenvalue weighted by molar-refractivity contribution is 2.36. The molecule has 1 fully saturated rings. The first kappa shape index (κ1) is 4.56. The maximum atomic E-state index is 1.92. The third-order valence-electron chi connectivity index (χ3n) is 0.220. The Balaban J connectivity index is 2.08. The maximum absolute atomic E-state index is 1.92. The van der Waals surface area contributed by atoms with Crippen LogP contribution >= 0.6 is 41.2 Å². The van der Waals surface area contributed by atoms with Crippen LogP contribution in [-0.2, 0) is 0 Å². The number of hydrogen-bond donors (Lipinski definition) is 0. The van der Waals surface area contributed by atoms with Crippen LogP contribution in [0.3, 0.4) is 0 Å². The van der Waals surface area contributed by atoms with Gasteiger partial charge in [0.25, 0.3) is 0 Å². The number of hydrogen-bond acceptors (Lipinski definition) is 4. The van der Waals surface area contributed by atoms with Gasteiger partial charge in [0.1, 0.15) is 0 Å². The molecule has 0 unspecified atom stereocenters. The first-order chi connectivity index (χ1) is 2.50. The highest BCUT2D eigenvalue weighted by Gasteiger charge is 1.98. The lowest BCUT2D eigenvalue weighted by Gasteiger charge is -1.65. The van der Waals surface area contributed by atoms with Crippen LogP contribution in [0.5, 0.6) is 0 Å². The third kappa shape index (κ3) is 1.52. The van der Waals surface area contributed by atoms with E-state index in [1.165, 1.54) is 5.08 Å². The molecule has 0 saturated carbocycles. The fourth-order valence-electron chi connectivity index (χ4n) is 0.0982. The van der Waals surface area contributed by atoms with Gasteiger partial charge in [-0.2, -0.15) is 0 Å². The van der Waals surface area contributed by atoms with Crippen molar-refractivity contribution in [3.8, 4) is 0 Å². The summed E-state index contributed by atoms with van der Waals surface area (Å²) in [6, 6.07) is 0. The lowest BCUT2D eigenvalue weighted by atomic mass is 11.9. The highest BCUT2D eigenvalue weighted by molar-refractivity contribution is 9.30. The van der Waals surface area contributed by atoms with E-state index in [4.69, 9.17) is 0 Å². The highest BCUT2D eigenvalue weighted by atomic mass is 33.7. The minimum atomic E-state index is 1.26. The highest BCUT2D eigenvalue weighted by Crippen LogP contribution is 2.53. The Morgan fingerprint density at radius 2 is 1.60 bits per heavy atom. The average Bonchev–Trinajstić information content (AvgIpc) is 1.76. The van der Waals surface area contributed by atoms with Gasteiger partial charge >= 0.3 is 0 Å². The molecule has 0 aromatic rings. The summed E-state index contributed by atoms with van der Waals surface area (Å²) in [6.07, 6.45) is 0. The van der Waals surface area contributed by atoms with Crippen molar-refractivity contribution in [2.24, 2.45) is 0 Å². The molecule has 30 valence electrons. The van der Waals surface area contributed by atoms with Crippen LogP contribution in [0, 0.1) is 0 Å². The molecule has 0 N–H and O–H groups in total. The van der Waals surface area contributed by atoms with Gasteiger partial charge in [-0.25, -0.2) is 0 Å². The van der Waals surface area contributed by atoms with E-state index in [0.717, 1.165) is 0 Å². The van der Waals surface area contributed by atoms with Gasteiger partial charge in [-0.3, -0.25) is 0 Å². The monoisotopic (exact) mass is 142 g/mol. The molecule has 0 aromatic heterocycles. The van der Waals surface area contributed by atoms with Gasteiger partial charge in [-0.05, 0) is 19.7 Å². The van der Waals surface area contributed by atoms with Crippen LogP contribution < -0.4 is 0 Å². The molecule has 0 atom stereocenters. The number of rotatable bonds is 0. The van der Waals surface area contributed by atoms with Crippen LogP contribution in [0.1, 0.15) is 0 Å².